The molecule has 0 bridgehead atoms. The highest BCUT2D eigenvalue weighted by atomic mass is 16.4. The predicted octanol–water partition coefficient (Wildman–Crippen LogP) is 1.55. The second kappa shape index (κ2) is 5.72. The van der Waals surface area contributed by atoms with Crippen LogP contribution in [0.25, 0.3) is 0 Å². The summed E-state index contributed by atoms with van der Waals surface area (Å²) in [6.07, 6.45) is 9.17. The topological polar surface area (TPSA) is 66.4 Å². The minimum Gasteiger partial charge on any atom is -0.481 e. The third-order valence-corrected chi connectivity index (χ3v) is 3.35. The van der Waals surface area contributed by atoms with Crippen LogP contribution in [0.3, 0.4) is 0 Å². The first-order valence-electron chi connectivity index (χ1n) is 5.95. The first-order chi connectivity index (χ1) is 7.97. The molecule has 1 aliphatic carbocycles. The lowest BCUT2D eigenvalue weighted by Gasteiger charge is -2.26. The van der Waals surface area contributed by atoms with Gasteiger partial charge in [0, 0.05) is 6.42 Å². The first kappa shape index (κ1) is 13.6. The van der Waals surface area contributed by atoms with E-state index in [1.165, 1.54) is 0 Å². The Bertz CT molecular complexity index is 337. The SMILES string of the molecule is C#CC(C)NC(=O)CC1(CC(=O)O)CCCC1. The lowest BCUT2D eigenvalue weighted by molar-refractivity contribution is -0.140. The van der Waals surface area contributed by atoms with E-state index in [0.29, 0.717) is 0 Å². The summed E-state index contributed by atoms with van der Waals surface area (Å²) in [5.74, 6) is 1.46. The Morgan fingerprint density at radius 3 is 2.47 bits per heavy atom. The quantitative estimate of drug-likeness (QED) is 0.713. The van der Waals surface area contributed by atoms with E-state index in [9.17, 15) is 9.59 Å². The molecule has 0 saturated heterocycles. The lowest BCUT2D eigenvalue weighted by Crippen LogP contribution is -2.36. The van der Waals surface area contributed by atoms with E-state index in [4.69, 9.17) is 11.5 Å². The van der Waals surface area contributed by atoms with Crippen molar-refractivity contribution in [2.24, 2.45) is 5.41 Å². The van der Waals surface area contributed by atoms with E-state index in [2.05, 4.69) is 11.2 Å². The van der Waals surface area contributed by atoms with Crippen molar-refractivity contribution < 1.29 is 14.7 Å². The average Bonchev–Trinajstić information content (AvgIpc) is 2.64. The fourth-order valence-electron chi connectivity index (χ4n) is 2.54. The Morgan fingerprint density at radius 2 is 2.00 bits per heavy atom. The lowest BCUT2D eigenvalue weighted by atomic mass is 9.79. The van der Waals surface area contributed by atoms with E-state index in [0.717, 1.165) is 25.7 Å². The fraction of sp³-hybridized carbons (Fsp3) is 0.692. The van der Waals surface area contributed by atoms with Crippen LogP contribution < -0.4 is 5.32 Å². The van der Waals surface area contributed by atoms with Crippen LogP contribution in [0.5, 0.6) is 0 Å². The van der Waals surface area contributed by atoms with Crippen molar-refractivity contribution in [2.45, 2.75) is 51.5 Å². The molecule has 4 heteroatoms. The summed E-state index contributed by atoms with van der Waals surface area (Å²) in [7, 11) is 0. The molecule has 4 nitrogen and oxygen atoms in total. The highest BCUT2D eigenvalue weighted by Crippen LogP contribution is 2.43. The molecule has 1 saturated carbocycles. The Morgan fingerprint density at radius 1 is 1.41 bits per heavy atom. The fourth-order valence-corrected chi connectivity index (χ4v) is 2.54. The summed E-state index contributed by atoms with van der Waals surface area (Å²) in [5.41, 5.74) is -0.357. The number of carboxylic acid groups (broad SMARTS) is 1. The van der Waals surface area contributed by atoms with Crippen molar-refractivity contribution in [1.82, 2.24) is 5.32 Å². The summed E-state index contributed by atoms with van der Waals surface area (Å²) in [5, 5.41) is 11.6. The van der Waals surface area contributed by atoms with Gasteiger partial charge in [0.05, 0.1) is 12.5 Å². The number of aliphatic carboxylic acids is 1. The molecule has 1 atom stereocenters. The van der Waals surface area contributed by atoms with E-state index < -0.39 is 5.97 Å². The molecular formula is C13H19NO3. The van der Waals surface area contributed by atoms with Crippen molar-refractivity contribution in [3.05, 3.63) is 0 Å². The van der Waals surface area contributed by atoms with Crippen LogP contribution in [-0.2, 0) is 9.59 Å². The van der Waals surface area contributed by atoms with Gasteiger partial charge in [0.2, 0.25) is 5.91 Å². The molecular weight excluding hydrogens is 218 g/mol. The molecule has 1 amide bonds. The predicted molar refractivity (Wildman–Crippen MR) is 64.2 cm³/mol. The van der Waals surface area contributed by atoms with Crippen molar-refractivity contribution >= 4 is 11.9 Å². The van der Waals surface area contributed by atoms with Crippen molar-refractivity contribution in [3.8, 4) is 12.3 Å². The zero-order valence-electron chi connectivity index (χ0n) is 10.2. The summed E-state index contributed by atoms with van der Waals surface area (Å²) in [6, 6.07) is -0.300. The van der Waals surface area contributed by atoms with Crippen LogP contribution in [0, 0.1) is 17.8 Å². The number of amides is 1. The third-order valence-electron chi connectivity index (χ3n) is 3.35. The molecule has 1 fully saturated rings. The van der Waals surface area contributed by atoms with Gasteiger partial charge >= 0.3 is 5.97 Å². The number of terminal acetylenes is 1. The monoisotopic (exact) mass is 237 g/mol. The second-order valence-electron chi connectivity index (χ2n) is 4.91. The molecule has 0 aromatic carbocycles. The largest absolute Gasteiger partial charge is 0.481 e. The maximum Gasteiger partial charge on any atom is 0.303 e. The zero-order valence-corrected chi connectivity index (χ0v) is 10.2. The number of hydrogen-bond donors (Lipinski definition) is 2. The molecule has 0 spiro atoms. The summed E-state index contributed by atoms with van der Waals surface area (Å²) in [4.78, 5) is 22.6. The molecule has 1 rings (SSSR count). The van der Waals surface area contributed by atoms with E-state index in [1.54, 1.807) is 6.92 Å². The van der Waals surface area contributed by atoms with Crippen LogP contribution in [-0.4, -0.2) is 23.0 Å². The summed E-state index contributed by atoms with van der Waals surface area (Å²) in [6.45, 7) is 1.73. The maximum atomic E-state index is 11.8. The highest BCUT2D eigenvalue weighted by Gasteiger charge is 2.38. The van der Waals surface area contributed by atoms with Crippen LogP contribution >= 0.6 is 0 Å². The summed E-state index contributed by atoms with van der Waals surface area (Å²) >= 11 is 0. The van der Waals surface area contributed by atoms with Crippen molar-refractivity contribution in [2.75, 3.05) is 0 Å². The van der Waals surface area contributed by atoms with Gasteiger partial charge in [0.25, 0.3) is 0 Å². The maximum absolute atomic E-state index is 11.8. The van der Waals surface area contributed by atoms with E-state index in [-0.39, 0.29) is 30.2 Å². The summed E-state index contributed by atoms with van der Waals surface area (Å²) < 4.78 is 0. The normalized spacial score (nSPS) is 19.3. The number of nitrogens with one attached hydrogen (secondary N) is 1. The molecule has 0 aromatic heterocycles. The van der Waals surface area contributed by atoms with Crippen molar-refractivity contribution in [1.29, 1.82) is 0 Å². The zero-order chi connectivity index (χ0) is 12.9. The number of hydrogen-bond acceptors (Lipinski definition) is 2. The van der Waals surface area contributed by atoms with Crippen LogP contribution in [0.2, 0.25) is 0 Å². The number of carbonyl (C=O) groups is 2. The van der Waals surface area contributed by atoms with Gasteiger partial charge in [-0.1, -0.05) is 18.8 Å². The molecule has 17 heavy (non-hydrogen) atoms. The smallest absolute Gasteiger partial charge is 0.303 e. The highest BCUT2D eigenvalue weighted by molar-refractivity contribution is 5.78. The van der Waals surface area contributed by atoms with Gasteiger partial charge in [-0.25, -0.2) is 0 Å². The molecule has 94 valence electrons. The van der Waals surface area contributed by atoms with Gasteiger partial charge in [-0.2, -0.15) is 0 Å². The second-order valence-corrected chi connectivity index (χ2v) is 4.91. The molecule has 0 aliphatic heterocycles. The van der Waals surface area contributed by atoms with Gasteiger partial charge in [-0.05, 0) is 25.2 Å². The number of rotatable bonds is 5. The molecule has 1 unspecified atom stereocenters. The van der Waals surface area contributed by atoms with Gasteiger partial charge < -0.3 is 10.4 Å². The van der Waals surface area contributed by atoms with Crippen LogP contribution in [0.4, 0.5) is 0 Å². The molecule has 2 N–H and O–H groups in total. The van der Waals surface area contributed by atoms with Gasteiger partial charge in [0.1, 0.15) is 0 Å². The first-order valence-corrected chi connectivity index (χ1v) is 5.95. The average molecular weight is 237 g/mol. The Balaban J connectivity index is 2.58. The van der Waals surface area contributed by atoms with E-state index >= 15 is 0 Å². The molecule has 1 aliphatic rings. The van der Waals surface area contributed by atoms with Crippen LogP contribution in [0.1, 0.15) is 45.4 Å². The molecule has 0 radical (unpaired) electrons. The van der Waals surface area contributed by atoms with E-state index in [1.807, 2.05) is 0 Å². The van der Waals surface area contributed by atoms with Crippen LogP contribution in [0.15, 0.2) is 0 Å². The number of carboxylic acids is 1. The van der Waals surface area contributed by atoms with Gasteiger partial charge in [-0.15, -0.1) is 6.42 Å². The minimum absolute atomic E-state index is 0.0743. The number of carbonyl (C=O) groups excluding carboxylic acids is 1. The Labute approximate surface area is 102 Å². The standard InChI is InChI=1S/C13H19NO3/c1-3-10(2)14-11(15)8-13(9-12(16)17)6-4-5-7-13/h1,10H,4-9H2,2H3,(H,14,15)(H,16,17). The Hall–Kier alpha value is -1.50. The minimum atomic E-state index is -0.829. The van der Waals surface area contributed by atoms with Gasteiger partial charge in [0.15, 0.2) is 0 Å². The molecule has 0 aromatic rings. The van der Waals surface area contributed by atoms with Gasteiger partial charge in [-0.3, -0.25) is 9.59 Å². The van der Waals surface area contributed by atoms with Crippen molar-refractivity contribution in [3.63, 3.8) is 0 Å². The molecule has 0 heterocycles. The Kier molecular flexibility index (Phi) is 4.56. The third kappa shape index (κ3) is 4.10.